The molecule has 0 radical (unpaired) electrons. The number of nitrogens with zero attached hydrogens (tertiary/aromatic N) is 2. The maximum absolute atomic E-state index is 5.91. The molecule has 140 valence electrons. The van der Waals surface area contributed by atoms with Crippen LogP contribution in [0.5, 0.6) is 0 Å². The van der Waals surface area contributed by atoms with E-state index in [2.05, 4.69) is 50.7 Å². The van der Waals surface area contributed by atoms with Crippen molar-refractivity contribution in [3.63, 3.8) is 0 Å². The summed E-state index contributed by atoms with van der Waals surface area (Å²) in [4.78, 5) is 0. The van der Waals surface area contributed by atoms with Gasteiger partial charge in [-0.25, -0.2) is 0 Å². The van der Waals surface area contributed by atoms with Crippen molar-refractivity contribution in [3.05, 3.63) is 80.5 Å². The van der Waals surface area contributed by atoms with Crippen LogP contribution in [-0.2, 0) is 13.1 Å². The van der Waals surface area contributed by atoms with Crippen molar-refractivity contribution in [1.29, 1.82) is 0 Å². The summed E-state index contributed by atoms with van der Waals surface area (Å²) >= 11 is 14.9. The second kappa shape index (κ2) is 8.87. The smallest absolute Gasteiger partial charge is 0.171 e. The van der Waals surface area contributed by atoms with Crippen LogP contribution in [0.3, 0.4) is 0 Å². The zero-order valence-electron chi connectivity index (χ0n) is 15.1. The third-order valence-corrected chi connectivity index (χ3v) is 5.82. The van der Waals surface area contributed by atoms with Crippen LogP contribution >= 0.6 is 39.7 Å². The summed E-state index contributed by atoms with van der Waals surface area (Å²) in [5, 5.41) is 12.3. The van der Waals surface area contributed by atoms with E-state index in [4.69, 9.17) is 23.8 Å². The van der Waals surface area contributed by atoms with Crippen LogP contribution in [0.15, 0.2) is 53.0 Å². The fraction of sp³-hybridized carbons (Fsp3) is 0.200. The number of halogens is 2. The molecule has 0 aliphatic carbocycles. The van der Waals surface area contributed by atoms with Gasteiger partial charge in [0.25, 0.3) is 0 Å². The van der Waals surface area contributed by atoms with Crippen molar-refractivity contribution in [2.24, 2.45) is 0 Å². The number of anilines is 1. The average Bonchev–Trinajstić information content (AvgIpc) is 2.88. The van der Waals surface area contributed by atoms with Crippen LogP contribution < -0.4 is 10.6 Å². The monoisotopic (exact) mass is 462 g/mol. The molecular formula is C20H20BrClN4S. The molecule has 0 spiro atoms. The van der Waals surface area contributed by atoms with Crippen LogP contribution in [0, 0.1) is 13.8 Å². The van der Waals surface area contributed by atoms with Crippen LogP contribution in [0.4, 0.5) is 5.69 Å². The lowest BCUT2D eigenvalue weighted by Gasteiger charge is -2.12. The summed E-state index contributed by atoms with van der Waals surface area (Å²) in [6, 6.07) is 15.9. The van der Waals surface area contributed by atoms with Crippen molar-refractivity contribution >= 4 is 50.5 Å². The standard InChI is InChI=1S/C20H20BrClN4S/c1-13-19(21)14(2)26(25-13)12-16-4-3-5-18(10-16)24-20(27)23-11-15-6-8-17(22)9-7-15/h3-10H,11-12H2,1-2H3,(H2,23,24,27). The zero-order chi connectivity index (χ0) is 19.4. The van der Waals surface area contributed by atoms with E-state index in [1.54, 1.807) is 0 Å². The van der Waals surface area contributed by atoms with Gasteiger partial charge in [0.05, 0.1) is 22.4 Å². The molecule has 2 aromatic carbocycles. The molecule has 3 aromatic rings. The number of rotatable bonds is 5. The Hall–Kier alpha value is -1.89. The minimum atomic E-state index is 0.580. The first-order valence-electron chi connectivity index (χ1n) is 8.50. The Bertz CT molecular complexity index is 953. The lowest BCUT2D eigenvalue weighted by Crippen LogP contribution is -2.27. The third kappa shape index (κ3) is 5.31. The quantitative estimate of drug-likeness (QED) is 0.494. The first kappa shape index (κ1) is 19.9. The van der Waals surface area contributed by atoms with E-state index >= 15 is 0 Å². The minimum Gasteiger partial charge on any atom is -0.358 e. The molecule has 3 rings (SSSR count). The Morgan fingerprint density at radius 2 is 1.89 bits per heavy atom. The zero-order valence-corrected chi connectivity index (χ0v) is 18.3. The van der Waals surface area contributed by atoms with Gasteiger partial charge in [-0.05, 0) is 77.4 Å². The van der Waals surface area contributed by atoms with Crippen LogP contribution in [0.2, 0.25) is 5.02 Å². The van der Waals surface area contributed by atoms with E-state index in [1.807, 2.05) is 48.0 Å². The third-order valence-electron chi connectivity index (χ3n) is 4.18. The van der Waals surface area contributed by atoms with Crippen LogP contribution in [-0.4, -0.2) is 14.9 Å². The van der Waals surface area contributed by atoms with Gasteiger partial charge in [-0.15, -0.1) is 0 Å². The summed E-state index contributed by atoms with van der Waals surface area (Å²) in [6.45, 7) is 5.40. The second-order valence-electron chi connectivity index (χ2n) is 6.28. The van der Waals surface area contributed by atoms with Crippen molar-refractivity contribution in [1.82, 2.24) is 15.1 Å². The maximum atomic E-state index is 5.91. The summed E-state index contributed by atoms with van der Waals surface area (Å²) in [5.74, 6) is 0. The van der Waals surface area contributed by atoms with Crippen molar-refractivity contribution in [3.8, 4) is 0 Å². The molecule has 4 nitrogen and oxygen atoms in total. The van der Waals surface area contributed by atoms with E-state index in [0.717, 1.165) is 37.7 Å². The Morgan fingerprint density at radius 1 is 1.15 bits per heavy atom. The Morgan fingerprint density at radius 3 is 2.56 bits per heavy atom. The summed E-state index contributed by atoms with van der Waals surface area (Å²) in [5.41, 5.74) is 5.33. The topological polar surface area (TPSA) is 41.9 Å². The highest BCUT2D eigenvalue weighted by atomic mass is 79.9. The second-order valence-corrected chi connectivity index (χ2v) is 7.91. The number of hydrogen-bond acceptors (Lipinski definition) is 2. The summed E-state index contributed by atoms with van der Waals surface area (Å²) in [7, 11) is 0. The molecule has 0 saturated carbocycles. The van der Waals surface area contributed by atoms with E-state index in [1.165, 1.54) is 0 Å². The highest BCUT2D eigenvalue weighted by Crippen LogP contribution is 2.21. The lowest BCUT2D eigenvalue weighted by molar-refractivity contribution is 0.659. The fourth-order valence-electron chi connectivity index (χ4n) is 2.71. The van der Waals surface area contributed by atoms with Gasteiger partial charge in [0.2, 0.25) is 0 Å². The Kier molecular flexibility index (Phi) is 6.52. The molecule has 0 aliphatic rings. The van der Waals surface area contributed by atoms with Crippen LogP contribution in [0.1, 0.15) is 22.5 Å². The molecule has 0 amide bonds. The number of nitrogens with one attached hydrogen (secondary N) is 2. The lowest BCUT2D eigenvalue weighted by atomic mass is 10.2. The molecule has 0 bridgehead atoms. The van der Waals surface area contributed by atoms with Gasteiger partial charge >= 0.3 is 0 Å². The predicted octanol–water partition coefficient (Wildman–Crippen LogP) is 5.45. The number of benzene rings is 2. The molecule has 0 fully saturated rings. The number of thiocarbonyl (C=S) groups is 1. The van der Waals surface area contributed by atoms with Gasteiger partial charge in [-0.3, -0.25) is 4.68 Å². The van der Waals surface area contributed by atoms with Gasteiger partial charge in [0, 0.05) is 17.3 Å². The molecule has 1 heterocycles. The average molecular weight is 464 g/mol. The van der Waals surface area contributed by atoms with E-state index in [0.29, 0.717) is 18.2 Å². The SMILES string of the molecule is Cc1nn(Cc2cccc(NC(=S)NCc3ccc(Cl)cc3)c2)c(C)c1Br. The van der Waals surface area contributed by atoms with Crippen molar-refractivity contribution in [2.75, 3.05) is 5.32 Å². The van der Waals surface area contributed by atoms with Crippen LogP contribution in [0.25, 0.3) is 0 Å². The molecule has 2 N–H and O–H groups in total. The molecule has 0 saturated heterocycles. The number of aryl methyl sites for hydroxylation is 1. The highest BCUT2D eigenvalue weighted by molar-refractivity contribution is 9.10. The van der Waals surface area contributed by atoms with Gasteiger partial charge in [0.1, 0.15) is 0 Å². The predicted molar refractivity (Wildman–Crippen MR) is 119 cm³/mol. The molecule has 1 aromatic heterocycles. The van der Waals surface area contributed by atoms with Gasteiger partial charge in [-0.2, -0.15) is 5.10 Å². The Balaban J connectivity index is 1.60. The van der Waals surface area contributed by atoms with Crippen molar-refractivity contribution in [2.45, 2.75) is 26.9 Å². The highest BCUT2D eigenvalue weighted by Gasteiger charge is 2.09. The normalized spacial score (nSPS) is 10.7. The molecule has 0 unspecified atom stereocenters. The fourth-order valence-corrected chi connectivity index (χ4v) is 3.31. The number of hydrogen-bond donors (Lipinski definition) is 2. The molecular weight excluding hydrogens is 444 g/mol. The van der Waals surface area contributed by atoms with Gasteiger partial charge in [-0.1, -0.05) is 35.9 Å². The molecule has 0 aliphatic heterocycles. The number of aromatic nitrogens is 2. The maximum Gasteiger partial charge on any atom is 0.171 e. The van der Waals surface area contributed by atoms with Gasteiger partial charge in [0.15, 0.2) is 5.11 Å². The molecule has 27 heavy (non-hydrogen) atoms. The first-order chi connectivity index (χ1) is 12.9. The van der Waals surface area contributed by atoms with E-state index in [9.17, 15) is 0 Å². The van der Waals surface area contributed by atoms with Crippen molar-refractivity contribution < 1.29 is 0 Å². The summed E-state index contributed by atoms with van der Waals surface area (Å²) < 4.78 is 3.06. The molecule has 0 atom stereocenters. The Labute approximate surface area is 178 Å². The van der Waals surface area contributed by atoms with E-state index < -0.39 is 0 Å². The first-order valence-corrected chi connectivity index (χ1v) is 10.1. The largest absolute Gasteiger partial charge is 0.358 e. The van der Waals surface area contributed by atoms with E-state index in [-0.39, 0.29) is 0 Å². The van der Waals surface area contributed by atoms with Gasteiger partial charge < -0.3 is 10.6 Å². The minimum absolute atomic E-state index is 0.580. The molecule has 7 heteroatoms. The summed E-state index contributed by atoms with van der Waals surface area (Å²) in [6.07, 6.45) is 0.